The summed E-state index contributed by atoms with van der Waals surface area (Å²) in [6, 6.07) is 2.16. The molecule has 1 aromatic heterocycles. The van der Waals surface area contributed by atoms with Gasteiger partial charge in [0.05, 0.1) is 13.2 Å². The fraction of sp³-hybridized carbons (Fsp3) is 0.714. The van der Waals surface area contributed by atoms with E-state index in [1.165, 1.54) is 5.56 Å². The lowest BCUT2D eigenvalue weighted by molar-refractivity contribution is -0.00966. The summed E-state index contributed by atoms with van der Waals surface area (Å²) < 4.78 is 7.49. The Hall–Kier alpha value is -0.840. The van der Waals surface area contributed by atoms with Crippen LogP contribution < -0.4 is 5.32 Å². The molecule has 0 aromatic carbocycles. The summed E-state index contributed by atoms with van der Waals surface area (Å²) in [4.78, 5) is 2.51. The third-order valence-corrected chi connectivity index (χ3v) is 3.65. The van der Waals surface area contributed by atoms with E-state index in [0.29, 0.717) is 0 Å². The maximum atomic E-state index is 5.41. The van der Waals surface area contributed by atoms with Crippen LogP contribution in [0.2, 0.25) is 0 Å². The van der Waals surface area contributed by atoms with Crippen LogP contribution in [-0.4, -0.2) is 47.9 Å². The van der Waals surface area contributed by atoms with Crippen molar-refractivity contribution < 1.29 is 4.74 Å². The number of hydrogen-bond acceptors (Lipinski definition) is 3. The number of nitrogens with zero attached hydrogens (tertiary/aromatic N) is 2. The van der Waals surface area contributed by atoms with E-state index in [2.05, 4.69) is 54.1 Å². The minimum absolute atomic E-state index is 0.193. The topological polar surface area (TPSA) is 29.4 Å². The van der Waals surface area contributed by atoms with Crippen molar-refractivity contribution in [2.24, 2.45) is 7.05 Å². The molecule has 0 bridgehead atoms. The Balaban J connectivity index is 1.77. The third kappa shape index (κ3) is 3.57. The van der Waals surface area contributed by atoms with E-state index in [9.17, 15) is 0 Å². The van der Waals surface area contributed by atoms with Crippen molar-refractivity contribution in [1.82, 2.24) is 14.8 Å². The van der Waals surface area contributed by atoms with Crippen molar-refractivity contribution in [3.8, 4) is 0 Å². The minimum Gasteiger partial charge on any atom is -0.379 e. The van der Waals surface area contributed by atoms with Crippen molar-refractivity contribution in [1.29, 1.82) is 0 Å². The lowest BCUT2D eigenvalue weighted by atomic mass is 10.0. The number of aryl methyl sites for hydroxylation is 1. The second kappa shape index (κ2) is 5.87. The fourth-order valence-electron chi connectivity index (χ4n) is 2.46. The highest BCUT2D eigenvalue weighted by atomic mass is 16.5. The molecule has 0 aliphatic carbocycles. The summed E-state index contributed by atoms with van der Waals surface area (Å²) in [5.74, 6) is 0. The highest BCUT2D eigenvalue weighted by molar-refractivity contribution is 5.09. The molecule has 102 valence electrons. The number of hydrogen-bond donors (Lipinski definition) is 1. The second-order valence-electron chi connectivity index (χ2n) is 5.70. The highest BCUT2D eigenvalue weighted by Gasteiger charge is 2.27. The molecule has 0 unspecified atom stereocenters. The Morgan fingerprint density at radius 1 is 1.33 bits per heavy atom. The van der Waals surface area contributed by atoms with Crippen molar-refractivity contribution in [3.05, 3.63) is 24.0 Å². The summed E-state index contributed by atoms with van der Waals surface area (Å²) in [6.07, 6.45) is 4.25. The smallest absolute Gasteiger partial charge is 0.0594 e. The first kappa shape index (κ1) is 13.6. The van der Waals surface area contributed by atoms with E-state index in [4.69, 9.17) is 4.74 Å². The largest absolute Gasteiger partial charge is 0.379 e. The maximum absolute atomic E-state index is 5.41. The molecule has 1 saturated heterocycles. The van der Waals surface area contributed by atoms with Gasteiger partial charge < -0.3 is 14.6 Å². The second-order valence-corrected chi connectivity index (χ2v) is 5.70. The van der Waals surface area contributed by atoms with E-state index in [0.717, 1.165) is 39.4 Å². The molecular weight excluding hydrogens is 226 g/mol. The average Bonchev–Trinajstić information content (AvgIpc) is 2.76. The molecule has 0 saturated carbocycles. The van der Waals surface area contributed by atoms with Crippen molar-refractivity contribution >= 4 is 0 Å². The van der Waals surface area contributed by atoms with Gasteiger partial charge in [0, 0.05) is 51.2 Å². The molecule has 1 fully saturated rings. The molecule has 0 atom stereocenters. The molecule has 1 aliphatic rings. The zero-order valence-electron chi connectivity index (χ0n) is 11.8. The molecule has 1 aliphatic heterocycles. The zero-order chi connectivity index (χ0) is 13.0. The summed E-state index contributed by atoms with van der Waals surface area (Å²) >= 11 is 0. The molecule has 1 aromatic rings. The van der Waals surface area contributed by atoms with Gasteiger partial charge >= 0.3 is 0 Å². The predicted molar refractivity (Wildman–Crippen MR) is 73.6 cm³/mol. The van der Waals surface area contributed by atoms with Gasteiger partial charge in [-0.25, -0.2) is 0 Å². The van der Waals surface area contributed by atoms with Crippen LogP contribution in [0.5, 0.6) is 0 Å². The molecule has 0 radical (unpaired) electrons. The maximum Gasteiger partial charge on any atom is 0.0594 e. The molecule has 2 rings (SSSR count). The van der Waals surface area contributed by atoms with Gasteiger partial charge in [0.1, 0.15) is 0 Å². The Bertz CT molecular complexity index is 367. The van der Waals surface area contributed by atoms with Crippen LogP contribution in [0, 0.1) is 0 Å². The lowest BCUT2D eigenvalue weighted by Gasteiger charge is -2.41. The Morgan fingerprint density at radius 3 is 2.67 bits per heavy atom. The van der Waals surface area contributed by atoms with Gasteiger partial charge in [-0.15, -0.1) is 0 Å². The standard InChI is InChI=1S/C14H25N3O/c1-14(2,17-6-8-18-9-7-17)12-15-10-13-4-5-16(3)11-13/h4-5,11,15H,6-10,12H2,1-3H3. The van der Waals surface area contributed by atoms with Crippen LogP contribution in [-0.2, 0) is 18.3 Å². The van der Waals surface area contributed by atoms with Gasteiger partial charge in [0.15, 0.2) is 0 Å². The molecule has 4 nitrogen and oxygen atoms in total. The van der Waals surface area contributed by atoms with Gasteiger partial charge in [-0.1, -0.05) is 0 Å². The minimum atomic E-state index is 0.193. The molecule has 2 heterocycles. The first-order valence-corrected chi connectivity index (χ1v) is 6.72. The van der Waals surface area contributed by atoms with E-state index >= 15 is 0 Å². The predicted octanol–water partition coefficient (Wildman–Crippen LogP) is 1.23. The monoisotopic (exact) mass is 251 g/mol. The summed E-state index contributed by atoms with van der Waals surface area (Å²) in [7, 11) is 2.06. The summed E-state index contributed by atoms with van der Waals surface area (Å²) in [5.41, 5.74) is 1.54. The molecule has 4 heteroatoms. The number of ether oxygens (including phenoxy) is 1. The van der Waals surface area contributed by atoms with E-state index in [1.807, 2.05) is 0 Å². The lowest BCUT2D eigenvalue weighted by Crippen LogP contribution is -2.54. The number of morpholine rings is 1. The van der Waals surface area contributed by atoms with E-state index in [1.54, 1.807) is 0 Å². The third-order valence-electron chi connectivity index (χ3n) is 3.65. The molecule has 1 N–H and O–H groups in total. The quantitative estimate of drug-likeness (QED) is 0.853. The van der Waals surface area contributed by atoms with Gasteiger partial charge in [0.2, 0.25) is 0 Å². The first-order chi connectivity index (χ1) is 8.58. The Morgan fingerprint density at radius 2 is 2.06 bits per heavy atom. The van der Waals surface area contributed by atoms with Crippen molar-refractivity contribution in [2.45, 2.75) is 25.9 Å². The Labute approximate surface area is 110 Å². The van der Waals surface area contributed by atoms with E-state index in [-0.39, 0.29) is 5.54 Å². The van der Waals surface area contributed by atoms with Crippen LogP contribution in [0.4, 0.5) is 0 Å². The van der Waals surface area contributed by atoms with E-state index < -0.39 is 0 Å². The van der Waals surface area contributed by atoms with Gasteiger partial charge in [0.25, 0.3) is 0 Å². The highest BCUT2D eigenvalue weighted by Crippen LogP contribution is 2.15. The Kier molecular flexibility index (Phi) is 4.43. The van der Waals surface area contributed by atoms with Gasteiger partial charge in [-0.05, 0) is 25.5 Å². The van der Waals surface area contributed by atoms with Crippen LogP contribution in [0.15, 0.2) is 18.5 Å². The normalized spacial score (nSPS) is 18.2. The number of rotatable bonds is 5. The van der Waals surface area contributed by atoms with Gasteiger partial charge in [-0.3, -0.25) is 4.90 Å². The number of aromatic nitrogens is 1. The molecule has 0 spiro atoms. The average molecular weight is 251 g/mol. The van der Waals surface area contributed by atoms with Crippen LogP contribution in [0.3, 0.4) is 0 Å². The number of nitrogens with one attached hydrogen (secondary N) is 1. The zero-order valence-corrected chi connectivity index (χ0v) is 11.8. The van der Waals surface area contributed by atoms with Gasteiger partial charge in [-0.2, -0.15) is 0 Å². The molecule has 0 amide bonds. The molecule has 18 heavy (non-hydrogen) atoms. The van der Waals surface area contributed by atoms with Crippen LogP contribution in [0.1, 0.15) is 19.4 Å². The van der Waals surface area contributed by atoms with Crippen molar-refractivity contribution in [2.75, 3.05) is 32.8 Å². The SMILES string of the molecule is Cn1ccc(CNCC(C)(C)N2CCOCC2)c1. The van der Waals surface area contributed by atoms with Crippen molar-refractivity contribution in [3.63, 3.8) is 0 Å². The summed E-state index contributed by atoms with van der Waals surface area (Å²) in [5, 5.41) is 3.56. The fourth-order valence-corrected chi connectivity index (χ4v) is 2.46. The summed E-state index contributed by atoms with van der Waals surface area (Å²) in [6.45, 7) is 10.4. The first-order valence-electron chi connectivity index (χ1n) is 6.72. The molecular formula is C14H25N3O. The van der Waals surface area contributed by atoms with Crippen LogP contribution in [0.25, 0.3) is 0 Å². The van der Waals surface area contributed by atoms with Crippen LogP contribution >= 0.6 is 0 Å².